The molecule has 7 heteroatoms. The largest absolute Gasteiger partial charge is 0.489 e. The van der Waals surface area contributed by atoms with Crippen molar-refractivity contribution in [1.29, 1.82) is 0 Å². The van der Waals surface area contributed by atoms with Gasteiger partial charge in [-0.05, 0) is 36.8 Å². The van der Waals surface area contributed by atoms with Gasteiger partial charge in [0.05, 0.1) is 24.5 Å². The Labute approximate surface area is 128 Å². The molecular weight excluding hydrogens is 298 g/mol. The quantitative estimate of drug-likeness (QED) is 0.509. The predicted molar refractivity (Wildman–Crippen MR) is 84.1 cm³/mol. The molecule has 2 N–H and O–H groups in total. The first kappa shape index (κ1) is 14.9. The summed E-state index contributed by atoms with van der Waals surface area (Å²) in [4.78, 5) is 0. The molecule has 2 rings (SSSR count). The first-order valence-corrected chi connectivity index (χ1v) is 7.15. The van der Waals surface area contributed by atoms with Gasteiger partial charge < -0.3 is 14.8 Å². The van der Waals surface area contributed by atoms with Gasteiger partial charge in [-0.2, -0.15) is 5.10 Å². The second-order valence-corrected chi connectivity index (χ2v) is 4.93. The van der Waals surface area contributed by atoms with Crippen molar-refractivity contribution in [3.8, 4) is 11.5 Å². The van der Waals surface area contributed by atoms with Gasteiger partial charge in [-0.3, -0.25) is 5.43 Å². The number of ether oxygens (including phenoxy) is 2. The number of hydrazone groups is 1. The zero-order chi connectivity index (χ0) is 14.4. The van der Waals surface area contributed by atoms with Crippen LogP contribution in [0.5, 0.6) is 11.5 Å². The molecule has 5 nitrogen and oxygen atoms in total. The van der Waals surface area contributed by atoms with Gasteiger partial charge in [-0.1, -0.05) is 11.6 Å². The number of fused-ring (bicyclic) bond motifs is 1. The number of hydrogen-bond donors (Lipinski definition) is 2. The van der Waals surface area contributed by atoms with Gasteiger partial charge in [0.25, 0.3) is 0 Å². The summed E-state index contributed by atoms with van der Waals surface area (Å²) in [5, 5.41) is 7.97. The Morgan fingerprint density at radius 1 is 1.45 bits per heavy atom. The summed E-state index contributed by atoms with van der Waals surface area (Å²) in [5.74, 6) is 1.24. The van der Waals surface area contributed by atoms with Gasteiger partial charge in [-0.25, -0.2) is 0 Å². The molecule has 0 amide bonds. The summed E-state index contributed by atoms with van der Waals surface area (Å²) >= 11 is 11.2. The van der Waals surface area contributed by atoms with E-state index >= 15 is 0 Å². The van der Waals surface area contributed by atoms with Crippen molar-refractivity contribution < 1.29 is 9.47 Å². The van der Waals surface area contributed by atoms with Gasteiger partial charge in [-0.15, -0.1) is 0 Å². The lowest BCUT2D eigenvalue weighted by atomic mass is 10.2. The molecule has 1 aliphatic rings. The monoisotopic (exact) mass is 313 g/mol. The fourth-order valence-corrected chi connectivity index (χ4v) is 2.16. The van der Waals surface area contributed by atoms with Gasteiger partial charge in [0, 0.05) is 13.0 Å². The molecule has 0 saturated carbocycles. The van der Waals surface area contributed by atoms with Gasteiger partial charge >= 0.3 is 0 Å². The van der Waals surface area contributed by atoms with Crippen LogP contribution in [0, 0.1) is 0 Å². The van der Waals surface area contributed by atoms with Crippen molar-refractivity contribution in [3.63, 3.8) is 0 Å². The smallest absolute Gasteiger partial charge is 0.186 e. The number of benzene rings is 1. The number of halogens is 1. The maximum Gasteiger partial charge on any atom is 0.186 e. The van der Waals surface area contributed by atoms with Crippen LogP contribution in [0.1, 0.15) is 18.9 Å². The molecule has 0 bridgehead atoms. The lowest BCUT2D eigenvalue weighted by Gasteiger charge is -2.09. The van der Waals surface area contributed by atoms with Crippen LogP contribution in [-0.4, -0.2) is 31.1 Å². The van der Waals surface area contributed by atoms with Crippen LogP contribution in [0.2, 0.25) is 5.02 Å². The van der Waals surface area contributed by atoms with Crippen molar-refractivity contribution in [2.45, 2.75) is 13.3 Å². The van der Waals surface area contributed by atoms with E-state index in [0.29, 0.717) is 34.8 Å². The first-order valence-electron chi connectivity index (χ1n) is 6.36. The molecule has 0 fully saturated rings. The number of nitrogens with zero attached hydrogens (tertiary/aromatic N) is 1. The molecule has 0 saturated heterocycles. The first-order chi connectivity index (χ1) is 9.70. The molecule has 0 aromatic heterocycles. The predicted octanol–water partition coefficient (Wildman–Crippen LogP) is 2.32. The molecule has 0 aliphatic carbocycles. The number of nitrogens with one attached hydrogen (secondary N) is 2. The molecule has 1 aromatic rings. The summed E-state index contributed by atoms with van der Waals surface area (Å²) < 4.78 is 11.2. The maximum absolute atomic E-state index is 6.19. The topological polar surface area (TPSA) is 54.9 Å². The van der Waals surface area contributed by atoms with E-state index in [2.05, 4.69) is 15.8 Å². The van der Waals surface area contributed by atoms with Crippen LogP contribution in [0.3, 0.4) is 0 Å². The van der Waals surface area contributed by atoms with E-state index in [1.165, 1.54) is 0 Å². The van der Waals surface area contributed by atoms with E-state index in [1.54, 1.807) is 12.3 Å². The summed E-state index contributed by atoms with van der Waals surface area (Å²) in [6, 6.07) is 3.62. The van der Waals surface area contributed by atoms with Crippen LogP contribution in [0.4, 0.5) is 0 Å². The highest BCUT2D eigenvalue weighted by atomic mass is 35.5. The van der Waals surface area contributed by atoms with Crippen molar-refractivity contribution in [3.05, 3.63) is 22.7 Å². The standard InChI is InChI=1S/C13H16ClN3O2S/c1-2-15-13(20)17-16-8-9-6-10(14)12-11(7-9)18-4-3-5-19-12/h6-8H,2-5H2,1H3,(H2,15,17,20)/b16-8-. The second kappa shape index (κ2) is 7.31. The van der Waals surface area contributed by atoms with E-state index < -0.39 is 0 Å². The van der Waals surface area contributed by atoms with Crippen molar-refractivity contribution >= 4 is 35.1 Å². The highest BCUT2D eigenvalue weighted by Gasteiger charge is 2.14. The Kier molecular flexibility index (Phi) is 5.43. The molecule has 108 valence electrons. The summed E-state index contributed by atoms with van der Waals surface area (Å²) in [5.41, 5.74) is 3.53. The highest BCUT2D eigenvalue weighted by Crippen LogP contribution is 2.37. The van der Waals surface area contributed by atoms with Gasteiger partial charge in [0.2, 0.25) is 0 Å². The SMILES string of the molecule is CCNC(=S)N/N=C\c1cc(Cl)c2c(c1)OCCCO2. The number of thiocarbonyl (C=S) groups is 1. The molecular formula is C13H16ClN3O2S. The highest BCUT2D eigenvalue weighted by molar-refractivity contribution is 7.80. The minimum absolute atomic E-state index is 0.476. The molecule has 0 radical (unpaired) electrons. The minimum atomic E-state index is 0.476. The third kappa shape index (κ3) is 3.98. The van der Waals surface area contributed by atoms with E-state index in [1.807, 2.05) is 13.0 Å². The molecule has 1 heterocycles. The molecule has 0 atom stereocenters. The summed E-state index contributed by atoms with van der Waals surface area (Å²) in [6.45, 7) is 3.93. The average Bonchev–Trinajstić information content (AvgIpc) is 2.64. The third-order valence-electron chi connectivity index (χ3n) is 2.54. The Morgan fingerprint density at radius 2 is 2.25 bits per heavy atom. The number of hydrogen-bond acceptors (Lipinski definition) is 4. The summed E-state index contributed by atoms with van der Waals surface area (Å²) in [6.07, 6.45) is 2.47. The van der Waals surface area contributed by atoms with Gasteiger partial charge in [0.1, 0.15) is 0 Å². The van der Waals surface area contributed by atoms with E-state index in [4.69, 9.17) is 33.3 Å². The Balaban J connectivity index is 2.09. The van der Waals surface area contributed by atoms with E-state index in [9.17, 15) is 0 Å². The molecule has 0 spiro atoms. The lowest BCUT2D eigenvalue weighted by molar-refractivity contribution is 0.297. The van der Waals surface area contributed by atoms with E-state index in [-0.39, 0.29) is 0 Å². The van der Waals surface area contributed by atoms with Crippen LogP contribution < -0.4 is 20.2 Å². The van der Waals surface area contributed by atoms with Gasteiger partial charge in [0.15, 0.2) is 16.6 Å². The van der Waals surface area contributed by atoms with Crippen LogP contribution >= 0.6 is 23.8 Å². The molecule has 1 aliphatic heterocycles. The summed E-state index contributed by atoms with van der Waals surface area (Å²) in [7, 11) is 0. The Bertz CT molecular complexity index is 523. The molecule has 1 aromatic carbocycles. The van der Waals surface area contributed by atoms with Crippen molar-refractivity contribution in [1.82, 2.24) is 10.7 Å². The average molecular weight is 314 g/mol. The molecule has 20 heavy (non-hydrogen) atoms. The maximum atomic E-state index is 6.19. The van der Waals surface area contributed by atoms with E-state index in [0.717, 1.165) is 18.5 Å². The zero-order valence-electron chi connectivity index (χ0n) is 11.1. The van der Waals surface area contributed by atoms with Crippen LogP contribution in [-0.2, 0) is 0 Å². The fourth-order valence-electron chi connectivity index (χ4n) is 1.69. The normalized spacial score (nSPS) is 13.9. The fraction of sp³-hybridized carbons (Fsp3) is 0.385. The Morgan fingerprint density at radius 3 is 3.05 bits per heavy atom. The zero-order valence-corrected chi connectivity index (χ0v) is 12.7. The minimum Gasteiger partial charge on any atom is -0.489 e. The van der Waals surface area contributed by atoms with Crippen molar-refractivity contribution in [2.75, 3.05) is 19.8 Å². The van der Waals surface area contributed by atoms with Crippen molar-refractivity contribution in [2.24, 2.45) is 5.10 Å². The molecule has 0 unspecified atom stereocenters. The third-order valence-corrected chi connectivity index (χ3v) is 3.06. The number of rotatable bonds is 3. The van der Waals surface area contributed by atoms with Crippen LogP contribution in [0.25, 0.3) is 0 Å². The second-order valence-electron chi connectivity index (χ2n) is 4.11. The lowest BCUT2D eigenvalue weighted by Crippen LogP contribution is -2.31. The van der Waals surface area contributed by atoms with Crippen LogP contribution in [0.15, 0.2) is 17.2 Å². The Hall–Kier alpha value is -1.53.